The second-order valence-corrected chi connectivity index (χ2v) is 22.2. The summed E-state index contributed by atoms with van der Waals surface area (Å²) < 4.78 is 24.0. The Morgan fingerprint density at radius 2 is 0.753 bits per heavy atom. The molecule has 0 radical (unpaired) electrons. The second-order valence-electron chi connectivity index (χ2n) is 19.6. The normalized spacial score (nSPS) is 13.3. The van der Waals surface area contributed by atoms with Gasteiger partial charge in [0.25, 0.3) is 0 Å². The molecule has 0 saturated carbocycles. The minimum Gasteiger partial charge on any atom is -0.479 e. The molecule has 0 heterocycles. The smallest absolute Gasteiger partial charge is 0.337 e. The van der Waals surface area contributed by atoms with E-state index in [0.717, 1.165) is 44.5 Å². The van der Waals surface area contributed by atoms with E-state index in [0.29, 0.717) is 48.7 Å². The maximum absolute atomic E-state index is 12.0. The van der Waals surface area contributed by atoms with Crippen LogP contribution >= 0.6 is 69.6 Å². The summed E-state index contributed by atoms with van der Waals surface area (Å²) in [4.78, 5) is 70.2. The van der Waals surface area contributed by atoms with Gasteiger partial charge in [-0.15, -0.1) is 0 Å². The van der Waals surface area contributed by atoms with Crippen LogP contribution in [0.4, 0.5) is 0 Å². The third-order valence-electron chi connectivity index (χ3n) is 12.7. The number of aliphatic carboxylic acids is 1. The number of nitrogens with one attached hydrogen (secondary N) is 3. The molecular weight excluding hydrogens is 1280 g/mol. The van der Waals surface area contributed by atoms with Gasteiger partial charge >= 0.3 is 17.9 Å². The zero-order valence-electron chi connectivity index (χ0n) is 49.0. The van der Waals surface area contributed by atoms with E-state index in [-0.39, 0.29) is 51.2 Å². The first-order valence-corrected chi connectivity index (χ1v) is 29.6. The number of carboxylic acids is 1. The van der Waals surface area contributed by atoms with Crippen LogP contribution < -0.4 is 16.0 Å². The molecule has 25 heteroatoms. The molecule has 478 valence electrons. The molecule has 3 amide bonds. The lowest BCUT2D eigenvalue weighted by Gasteiger charge is -2.27. The summed E-state index contributed by atoms with van der Waals surface area (Å²) in [6.45, 7) is 3.12. The van der Waals surface area contributed by atoms with Crippen LogP contribution in [0.25, 0.3) is 33.4 Å². The van der Waals surface area contributed by atoms with E-state index in [1.54, 1.807) is 74.5 Å². The van der Waals surface area contributed by atoms with Gasteiger partial charge in [-0.05, 0) is 138 Å². The Kier molecular flexibility index (Phi) is 32.6. The van der Waals surface area contributed by atoms with Crippen LogP contribution in [0.2, 0.25) is 30.1 Å². The number of amides is 3. The summed E-state index contributed by atoms with van der Waals surface area (Å²) in [7, 11) is 4.14. The molecule has 0 bridgehead atoms. The standard InChI is InChI=1S/C22H25Cl2NO6.C22H23Cl2NO4.C20H21Cl2NO6/c1-3-31-22(29)21(28)20(27)18(25-19(26)12-30-2)8-13-4-6-14(7-5-13)15-9-16(23)11-17(24)10-15;1-3-29-22(27)9-8-20(25-21(26)14-28-2)10-15-4-6-16(7-5-15)17-11-18(23)13-19(24)12-17;1-29-10-17(24)23-16(18(25)19(26)20(27)28)6-11-2-4-12(5-3-11)13-7-14(21)9-15(22)8-13/h4-7,9-11,18,20-21,27-28H,3,8,12H2,1-2H3,(H,25,26);4-9,11-13,20H,3,10,14H2,1-2H3,(H,25,26);2-5,7-9,16,18-19,25-26H,6,10H2,1H3,(H,23,24)(H,27,28)/b;9-8+;/t18?,20-,21+;;16?,18-,19+/m0.0/s1. The fraction of sp³-hybridized carbons (Fsp3) is 0.312. The zero-order chi connectivity index (χ0) is 65.7. The molecule has 0 aromatic heterocycles. The predicted molar refractivity (Wildman–Crippen MR) is 342 cm³/mol. The van der Waals surface area contributed by atoms with Gasteiger partial charge in [0, 0.05) is 57.5 Å². The van der Waals surface area contributed by atoms with Crippen molar-refractivity contribution in [3.05, 3.63) is 186 Å². The highest BCUT2D eigenvalue weighted by molar-refractivity contribution is 6.36. The maximum Gasteiger partial charge on any atom is 0.337 e. The largest absolute Gasteiger partial charge is 0.479 e. The summed E-state index contributed by atoms with van der Waals surface area (Å²) in [6, 6.07) is 35.7. The number of esters is 2. The minimum absolute atomic E-state index is 0.0539. The summed E-state index contributed by atoms with van der Waals surface area (Å²) in [5.41, 5.74) is 7.73. The zero-order valence-corrected chi connectivity index (χ0v) is 53.5. The van der Waals surface area contributed by atoms with Gasteiger partial charge in [-0.3, -0.25) is 14.4 Å². The van der Waals surface area contributed by atoms with E-state index >= 15 is 0 Å². The molecule has 19 nitrogen and oxygen atoms in total. The Bertz CT molecular complexity index is 3240. The van der Waals surface area contributed by atoms with Crippen molar-refractivity contribution in [1.82, 2.24) is 16.0 Å². The fourth-order valence-electron chi connectivity index (χ4n) is 8.58. The lowest BCUT2D eigenvalue weighted by atomic mass is 9.96. The number of halogens is 6. The summed E-state index contributed by atoms with van der Waals surface area (Å²) in [6.07, 6.45) is -3.44. The average Bonchev–Trinajstić information content (AvgIpc) is 1.98. The Morgan fingerprint density at radius 1 is 0.438 bits per heavy atom. The number of aliphatic hydroxyl groups excluding tert-OH is 4. The number of hydrogen-bond acceptors (Lipinski definition) is 15. The average molecular weight is 1350 g/mol. The van der Waals surface area contributed by atoms with Crippen molar-refractivity contribution in [1.29, 1.82) is 0 Å². The summed E-state index contributed by atoms with van der Waals surface area (Å²) >= 11 is 36.3. The summed E-state index contributed by atoms with van der Waals surface area (Å²) in [5.74, 6) is -4.30. The number of methoxy groups -OCH3 is 3. The van der Waals surface area contributed by atoms with E-state index < -0.39 is 66.2 Å². The molecule has 89 heavy (non-hydrogen) atoms. The highest BCUT2D eigenvalue weighted by atomic mass is 35.5. The van der Waals surface area contributed by atoms with E-state index in [9.17, 15) is 49.2 Å². The second kappa shape index (κ2) is 38.8. The number of carboxylic acid groups (broad SMARTS) is 1. The lowest BCUT2D eigenvalue weighted by Crippen LogP contribution is -2.53. The van der Waals surface area contributed by atoms with Gasteiger partial charge in [0.1, 0.15) is 32.0 Å². The van der Waals surface area contributed by atoms with Crippen LogP contribution in [0, 0.1) is 0 Å². The first-order chi connectivity index (χ1) is 42.4. The molecule has 8 N–H and O–H groups in total. The SMILES string of the molecule is CCOC(=O)/C=C/C(Cc1ccc(-c2cc(Cl)cc(Cl)c2)cc1)NC(=O)COC.CCOC(=O)[C@H](O)[C@@H](O)C(Cc1ccc(-c2cc(Cl)cc(Cl)c2)cc1)NC(=O)COC.COCC(=O)NC(Cc1ccc(-c2cc(Cl)cc(Cl)c2)cc1)[C@H](O)[C@@H](O)C(=O)O. The minimum atomic E-state index is -2.05. The van der Waals surface area contributed by atoms with Gasteiger partial charge in [-0.25, -0.2) is 14.4 Å². The molecule has 3 unspecified atom stereocenters. The van der Waals surface area contributed by atoms with Crippen molar-refractivity contribution in [3.8, 4) is 33.4 Å². The van der Waals surface area contributed by atoms with Crippen molar-refractivity contribution < 1.29 is 78.0 Å². The molecule has 0 saturated heterocycles. The first-order valence-electron chi connectivity index (χ1n) is 27.3. The van der Waals surface area contributed by atoms with E-state index in [1.165, 1.54) is 27.4 Å². The van der Waals surface area contributed by atoms with Gasteiger partial charge in [0.15, 0.2) is 12.2 Å². The van der Waals surface area contributed by atoms with Crippen LogP contribution in [-0.4, -0.2) is 158 Å². The molecule has 6 rings (SSSR count). The van der Waals surface area contributed by atoms with Crippen molar-refractivity contribution in [2.24, 2.45) is 0 Å². The van der Waals surface area contributed by atoms with E-state index in [1.807, 2.05) is 72.8 Å². The molecule has 0 aliphatic rings. The Hall–Kier alpha value is -6.66. The van der Waals surface area contributed by atoms with E-state index in [2.05, 4.69) is 16.0 Å². The fourth-order valence-corrected chi connectivity index (χ4v) is 10.2. The summed E-state index contributed by atoms with van der Waals surface area (Å²) in [5, 5.41) is 60.5. The van der Waals surface area contributed by atoms with Gasteiger partial charge in [-0.2, -0.15) is 0 Å². The highest BCUT2D eigenvalue weighted by Crippen LogP contribution is 2.31. The third-order valence-corrected chi connectivity index (χ3v) is 14.0. The van der Waals surface area contributed by atoms with Gasteiger partial charge in [-0.1, -0.05) is 148 Å². The monoisotopic (exact) mass is 1350 g/mol. The lowest BCUT2D eigenvalue weighted by molar-refractivity contribution is -0.161. The van der Waals surface area contributed by atoms with Crippen LogP contribution in [0.15, 0.2) is 140 Å². The van der Waals surface area contributed by atoms with Crippen molar-refractivity contribution in [2.45, 2.75) is 75.7 Å². The topological polar surface area (TPSA) is 286 Å². The Balaban J connectivity index is 0.000000286. The van der Waals surface area contributed by atoms with Crippen molar-refractivity contribution in [2.75, 3.05) is 54.4 Å². The number of benzene rings is 6. The number of ether oxygens (including phenoxy) is 5. The van der Waals surface area contributed by atoms with Crippen LogP contribution in [-0.2, 0) is 71.7 Å². The Labute approximate surface area is 545 Å². The van der Waals surface area contributed by atoms with Crippen LogP contribution in [0.1, 0.15) is 30.5 Å². The molecular formula is C64H69Cl6N3O16. The van der Waals surface area contributed by atoms with Crippen molar-refractivity contribution in [3.63, 3.8) is 0 Å². The molecule has 0 fully saturated rings. The number of hydrogen-bond donors (Lipinski definition) is 8. The third kappa shape index (κ3) is 26.4. The molecule has 6 aromatic carbocycles. The maximum atomic E-state index is 12.0. The first kappa shape index (κ1) is 74.8. The number of rotatable bonds is 28. The van der Waals surface area contributed by atoms with Crippen molar-refractivity contribution >= 4 is 105 Å². The highest BCUT2D eigenvalue weighted by Gasteiger charge is 2.34. The molecule has 0 aliphatic heterocycles. The van der Waals surface area contributed by atoms with Gasteiger partial charge in [0.05, 0.1) is 31.3 Å². The Morgan fingerprint density at radius 3 is 1.07 bits per heavy atom. The van der Waals surface area contributed by atoms with Gasteiger partial charge < -0.3 is 65.2 Å². The number of carbonyl (C=O) groups excluding carboxylic acids is 5. The molecule has 0 aliphatic carbocycles. The van der Waals surface area contributed by atoms with Crippen LogP contribution in [0.5, 0.6) is 0 Å². The molecule has 6 aromatic rings. The quantitative estimate of drug-likeness (QED) is 0.0168. The number of carbonyl (C=O) groups is 6. The predicted octanol–water partition coefficient (Wildman–Crippen LogP) is 9.21. The van der Waals surface area contributed by atoms with Gasteiger partial charge in [0.2, 0.25) is 17.7 Å². The molecule has 7 atom stereocenters. The van der Waals surface area contributed by atoms with Crippen LogP contribution in [0.3, 0.4) is 0 Å². The number of aliphatic hydroxyl groups is 4. The molecule has 0 spiro atoms. The van der Waals surface area contributed by atoms with E-state index in [4.69, 9.17) is 98.4 Å².